The zero-order valence-corrected chi connectivity index (χ0v) is 15.0. The molecule has 1 aromatic heterocycles. The van der Waals surface area contributed by atoms with Gasteiger partial charge in [0.25, 0.3) is 0 Å². The molecular weight excluding hydrogens is 341 g/mol. The first-order valence-electron chi connectivity index (χ1n) is 8.61. The van der Waals surface area contributed by atoms with Crippen molar-refractivity contribution in [3.8, 4) is 0 Å². The molecule has 0 saturated heterocycles. The normalized spacial score (nSPS) is 16.6. The van der Waals surface area contributed by atoms with Crippen LogP contribution in [-0.2, 0) is 11.3 Å². The van der Waals surface area contributed by atoms with Gasteiger partial charge in [-0.05, 0) is 36.3 Å². The first-order chi connectivity index (χ1) is 12.1. The van der Waals surface area contributed by atoms with Gasteiger partial charge in [0.2, 0.25) is 11.1 Å². The van der Waals surface area contributed by atoms with E-state index < -0.39 is 0 Å². The molecule has 0 radical (unpaired) electrons. The van der Waals surface area contributed by atoms with Crippen LogP contribution in [0, 0.1) is 5.82 Å². The summed E-state index contributed by atoms with van der Waals surface area (Å²) < 4.78 is 15.5. The highest BCUT2D eigenvalue weighted by Crippen LogP contribution is 2.31. The molecule has 1 aliphatic carbocycles. The Kier molecular flexibility index (Phi) is 6.01. The Hall–Kier alpha value is -1.96. The molecule has 25 heavy (non-hydrogen) atoms. The number of aromatic nitrogens is 4. The Morgan fingerprint density at radius 3 is 2.88 bits per heavy atom. The van der Waals surface area contributed by atoms with E-state index in [4.69, 9.17) is 0 Å². The van der Waals surface area contributed by atoms with Gasteiger partial charge in [-0.1, -0.05) is 49.2 Å². The summed E-state index contributed by atoms with van der Waals surface area (Å²) in [6.07, 6.45) is 5.79. The summed E-state index contributed by atoms with van der Waals surface area (Å²) >= 11 is 1.34. The van der Waals surface area contributed by atoms with Gasteiger partial charge >= 0.3 is 0 Å². The molecule has 1 saturated carbocycles. The van der Waals surface area contributed by atoms with Gasteiger partial charge in [0.1, 0.15) is 5.82 Å². The van der Waals surface area contributed by atoms with Crippen LogP contribution in [0.25, 0.3) is 0 Å². The fourth-order valence-electron chi connectivity index (χ4n) is 3.00. The Balaban J connectivity index is 1.57. The van der Waals surface area contributed by atoms with Crippen LogP contribution in [0.1, 0.15) is 50.6 Å². The number of thioether (sulfide) groups is 1. The van der Waals surface area contributed by atoms with Gasteiger partial charge in [-0.15, -0.1) is 5.10 Å². The van der Waals surface area contributed by atoms with Crippen LogP contribution in [0.4, 0.5) is 4.39 Å². The second kappa shape index (κ2) is 8.42. The van der Waals surface area contributed by atoms with Crippen molar-refractivity contribution in [1.82, 2.24) is 25.5 Å². The zero-order chi connectivity index (χ0) is 17.6. The molecule has 1 N–H and O–H groups in total. The number of rotatable bonds is 6. The van der Waals surface area contributed by atoms with Gasteiger partial charge in [-0.2, -0.15) is 0 Å². The van der Waals surface area contributed by atoms with Crippen molar-refractivity contribution < 1.29 is 9.18 Å². The van der Waals surface area contributed by atoms with E-state index in [-0.39, 0.29) is 23.5 Å². The zero-order valence-electron chi connectivity index (χ0n) is 14.2. The van der Waals surface area contributed by atoms with E-state index in [0.717, 1.165) is 12.8 Å². The standard InChI is InChI=1S/C17H22FN5OS/c1-12(16(24)19-11-13-7-5-6-10-15(13)18)25-17-20-21-22-23(17)14-8-3-2-4-9-14/h5-7,10,12,14H,2-4,8-9,11H2,1H3,(H,19,24). The van der Waals surface area contributed by atoms with Crippen LogP contribution in [0.5, 0.6) is 0 Å². The van der Waals surface area contributed by atoms with Crippen molar-refractivity contribution in [2.24, 2.45) is 0 Å². The molecule has 2 aromatic rings. The highest BCUT2D eigenvalue weighted by Gasteiger charge is 2.23. The number of hydrogen-bond acceptors (Lipinski definition) is 5. The van der Waals surface area contributed by atoms with Gasteiger partial charge in [-0.3, -0.25) is 4.79 Å². The molecule has 134 valence electrons. The highest BCUT2D eigenvalue weighted by molar-refractivity contribution is 8.00. The fourth-order valence-corrected chi connectivity index (χ4v) is 3.88. The van der Waals surface area contributed by atoms with E-state index in [1.165, 1.54) is 37.1 Å². The van der Waals surface area contributed by atoms with Gasteiger partial charge < -0.3 is 5.32 Å². The predicted molar refractivity (Wildman–Crippen MR) is 93.5 cm³/mol. The van der Waals surface area contributed by atoms with Crippen molar-refractivity contribution in [3.05, 3.63) is 35.6 Å². The van der Waals surface area contributed by atoms with Crippen molar-refractivity contribution in [3.63, 3.8) is 0 Å². The minimum Gasteiger partial charge on any atom is -0.351 e. The van der Waals surface area contributed by atoms with E-state index in [0.29, 0.717) is 16.8 Å². The number of nitrogens with one attached hydrogen (secondary N) is 1. The van der Waals surface area contributed by atoms with E-state index in [2.05, 4.69) is 20.8 Å². The second-order valence-electron chi connectivity index (χ2n) is 6.27. The largest absolute Gasteiger partial charge is 0.351 e. The number of carbonyl (C=O) groups is 1. The molecule has 0 spiro atoms. The minimum atomic E-state index is -0.361. The molecule has 1 atom stereocenters. The summed E-state index contributed by atoms with van der Waals surface area (Å²) in [6, 6.07) is 6.75. The molecule has 1 unspecified atom stereocenters. The van der Waals surface area contributed by atoms with Crippen molar-refractivity contribution >= 4 is 17.7 Å². The number of amides is 1. The monoisotopic (exact) mass is 363 g/mol. The Bertz CT molecular complexity index is 717. The summed E-state index contributed by atoms with van der Waals surface area (Å²) in [5.74, 6) is -0.476. The third-order valence-corrected chi connectivity index (χ3v) is 5.49. The summed E-state index contributed by atoms with van der Waals surface area (Å²) in [7, 11) is 0. The molecule has 1 aliphatic rings. The third-order valence-electron chi connectivity index (χ3n) is 4.45. The minimum absolute atomic E-state index is 0.161. The number of benzene rings is 1. The van der Waals surface area contributed by atoms with Crippen LogP contribution in [0.15, 0.2) is 29.4 Å². The number of halogens is 1. The maximum atomic E-state index is 13.6. The molecule has 8 heteroatoms. The quantitative estimate of drug-likeness (QED) is 0.799. The van der Waals surface area contributed by atoms with Gasteiger partial charge in [0.15, 0.2) is 0 Å². The second-order valence-corrected chi connectivity index (χ2v) is 7.58. The number of carbonyl (C=O) groups excluding carboxylic acids is 1. The van der Waals surface area contributed by atoms with Crippen molar-refractivity contribution in [2.45, 2.75) is 62.0 Å². The van der Waals surface area contributed by atoms with Crippen LogP contribution in [0.3, 0.4) is 0 Å². The molecular formula is C17H22FN5OS. The van der Waals surface area contributed by atoms with Gasteiger partial charge in [0.05, 0.1) is 11.3 Å². The molecule has 1 fully saturated rings. The van der Waals surface area contributed by atoms with E-state index in [1.54, 1.807) is 25.1 Å². The van der Waals surface area contributed by atoms with Crippen LogP contribution >= 0.6 is 11.8 Å². The SMILES string of the molecule is CC(Sc1nnnn1C1CCCCC1)C(=O)NCc1ccccc1F. The smallest absolute Gasteiger partial charge is 0.233 e. The highest BCUT2D eigenvalue weighted by atomic mass is 32.2. The molecule has 1 amide bonds. The van der Waals surface area contributed by atoms with E-state index >= 15 is 0 Å². The van der Waals surface area contributed by atoms with Gasteiger partial charge in [-0.25, -0.2) is 9.07 Å². The lowest BCUT2D eigenvalue weighted by Gasteiger charge is -2.22. The topological polar surface area (TPSA) is 72.7 Å². The average molecular weight is 363 g/mol. The molecule has 6 nitrogen and oxygen atoms in total. The molecule has 0 aliphatic heterocycles. The Morgan fingerprint density at radius 1 is 1.36 bits per heavy atom. The first-order valence-corrected chi connectivity index (χ1v) is 9.48. The molecule has 0 bridgehead atoms. The molecule has 1 aromatic carbocycles. The third kappa shape index (κ3) is 4.56. The summed E-state index contributed by atoms with van der Waals surface area (Å²) in [5, 5.41) is 15.0. The van der Waals surface area contributed by atoms with E-state index in [1.807, 2.05) is 4.68 Å². The van der Waals surface area contributed by atoms with Gasteiger partial charge in [0, 0.05) is 12.1 Å². The number of tetrazole rings is 1. The number of hydrogen-bond donors (Lipinski definition) is 1. The predicted octanol–water partition coefficient (Wildman–Crippen LogP) is 3.11. The lowest BCUT2D eigenvalue weighted by atomic mass is 9.96. The molecule has 3 rings (SSSR count). The fraction of sp³-hybridized carbons (Fsp3) is 0.529. The van der Waals surface area contributed by atoms with Crippen molar-refractivity contribution in [1.29, 1.82) is 0 Å². The van der Waals surface area contributed by atoms with Crippen LogP contribution in [-0.4, -0.2) is 31.4 Å². The van der Waals surface area contributed by atoms with E-state index in [9.17, 15) is 9.18 Å². The maximum absolute atomic E-state index is 13.6. The maximum Gasteiger partial charge on any atom is 0.233 e. The lowest BCUT2D eigenvalue weighted by Crippen LogP contribution is -2.31. The Labute approximate surface area is 150 Å². The van der Waals surface area contributed by atoms with Crippen LogP contribution < -0.4 is 5.32 Å². The average Bonchev–Trinajstić information content (AvgIpc) is 3.09. The summed E-state index contributed by atoms with van der Waals surface area (Å²) in [4.78, 5) is 12.3. The van der Waals surface area contributed by atoms with Crippen molar-refractivity contribution in [2.75, 3.05) is 0 Å². The van der Waals surface area contributed by atoms with Crippen LogP contribution in [0.2, 0.25) is 0 Å². The molecule has 1 heterocycles. The Morgan fingerprint density at radius 2 is 2.12 bits per heavy atom. The summed E-state index contributed by atoms with van der Waals surface area (Å²) in [5.41, 5.74) is 0.472. The number of nitrogens with zero attached hydrogens (tertiary/aromatic N) is 4. The summed E-state index contributed by atoms with van der Waals surface area (Å²) in [6.45, 7) is 1.98. The first kappa shape index (κ1) is 17.8. The lowest BCUT2D eigenvalue weighted by molar-refractivity contribution is -0.120.